The van der Waals surface area contributed by atoms with E-state index in [0.29, 0.717) is 0 Å². The van der Waals surface area contributed by atoms with Gasteiger partial charge in [0.05, 0.1) is 6.54 Å². The summed E-state index contributed by atoms with van der Waals surface area (Å²) in [5.74, 6) is -0.608. The van der Waals surface area contributed by atoms with Crippen LogP contribution in [-0.4, -0.2) is 43.5 Å². The number of nitrogens with one attached hydrogen (secondary N) is 1. The monoisotopic (exact) mass is 286 g/mol. The van der Waals surface area contributed by atoms with E-state index in [9.17, 15) is 18.4 Å². The van der Waals surface area contributed by atoms with Crippen LogP contribution in [0.3, 0.4) is 0 Å². The zero-order chi connectivity index (χ0) is 15.0. The van der Waals surface area contributed by atoms with E-state index < -0.39 is 25.0 Å². The molecule has 5 nitrogen and oxygen atoms in total. The molecule has 0 radical (unpaired) electrons. The molecule has 0 unspecified atom stereocenters. The molecule has 0 aromatic heterocycles. The van der Waals surface area contributed by atoms with Crippen molar-refractivity contribution in [1.29, 1.82) is 0 Å². The molecule has 20 heavy (non-hydrogen) atoms. The van der Waals surface area contributed by atoms with Gasteiger partial charge in [0.25, 0.3) is 6.43 Å². The largest absolute Gasteiger partial charge is 0.459 e. The second kappa shape index (κ2) is 8.08. The predicted molar refractivity (Wildman–Crippen MR) is 68.3 cm³/mol. The maximum absolute atomic E-state index is 11.9. The fraction of sp³-hybridized carbons (Fsp3) is 0.385. The highest BCUT2D eigenvalue weighted by Crippen LogP contribution is 2.01. The Morgan fingerprint density at radius 1 is 1.30 bits per heavy atom. The van der Waals surface area contributed by atoms with E-state index in [-0.39, 0.29) is 13.2 Å². The van der Waals surface area contributed by atoms with Crippen molar-refractivity contribution in [2.75, 3.05) is 20.1 Å². The molecule has 0 fully saturated rings. The lowest BCUT2D eigenvalue weighted by Gasteiger charge is -2.16. The van der Waals surface area contributed by atoms with Gasteiger partial charge in [-0.2, -0.15) is 0 Å². The molecule has 0 aliphatic carbocycles. The van der Waals surface area contributed by atoms with Gasteiger partial charge in [-0.05, 0) is 5.56 Å². The fourth-order valence-electron chi connectivity index (χ4n) is 1.35. The van der Waals surface area contributed by atoms with Crippen molar-refractivity contribution in [2.45, 2.75) is 13.0 Å². The number of carbonyl (C=O) groups is 2. The van der Waals surface area contributed by atoms with Crippen LogP contribution in [0.2, 0.25) is 0 Å². The van der Waals surface area contributed by atoms with Crippen molar-refractivity contribution in [3.05, 3.63) is 35.9 Å². The van der Waals surface area contributed by atoms with Gasteiger partial charge in [-0.25, -0.2) is 13.6 Å². The van der Waals surface area contributed by atoms with E-state index >= 15 is 0 Å². The second-order valence-corrected chi connectivity index (χ2v) is 4.08. The summed E-state index contributed by atoms with van der Waals surface area (Å²) in [5.41, 5.74) is 0.825. The van der Waals surface area contributed by atoms with Crippen molar-refractivity contribution >= 4 is 12.0 Å². The maximum Gasteiger partial charge on any atom is 0.326 e. The van der Waals surface area contributed by atoms with Gasteiger partial charge in [0.15, 0.2) is 0 Å². The number of rotatable bonds is 6. The number of benzene rings is 1. The standard InChI is InChI=1S/C13H16F2N2O3/c1-17(13(19)16-7-11(14)15)8-12(18)20-9-10-5-3-2-4-6-10/h2-6,11H,7-9H2,1H3,(H,16,19). The molecule has 1 N–H and O–H groups in total. The molecule has 0 saturated heterocycles. The smallest absolute Gasteiger partial charge is 0.326 e. The summed E-state index contributed by atoms with van der Waals surface area (Å²) in [7, 11) is 1.32. The lowest BCUT2D eigenvalue weighted by atomic mass is 10.2. The Morgan fingerprint density at radius 2 is 1.95 bits per heavy atom. The third-order valence-corrected chi connectivity index (χ3v) is 2.36. The van der Waals surface area contributed by atoms with E-state index in [1.165, 1.54) is 7.05 Å². The SMILES string of the molecule is CN(CC(=O)OCc1ccccc1)C(=O)NCC(F)F. The zero-order valence-corrected chi connectivity index (χ0v) is 11.0. The minimum Gasteiger partial charge on any atom is -0.459 e. The van der Waals surface area contributed by atoms with Crippen LogP contribution in [0.25, 0.3) is 0 Å². The Hall–Kier alpha value is -2.18. The van der Waals surface area contributed by atoms with Crippen LogP contribution in [-0.2, 0) is 16.1 Å². The van der Waals surface area contributed by atoms with Crippen molar-refractivity contribution in [3.8, 4) is 0 Å². The molecule has 0 saturated carbocycles. The summed E-state index contributed by atoms with van der Waals surface area (Å²) in [6.07, 6.45) is -2.63. The number of alkyl halides is 2. The van der Waals surface area contributed by atoms with Gasteiger partial charge in [-0.3, -0.25) is 4.79 Å². The normalized spacial score (nSPS) is 10.2. The number of ether oxygens (including phenoxy) is 1. The summed E-state index contributed by atoms with van der Waals surface area (Å²) in [4.78, 5) is 23.8. The average Bonchev–Trinajstić information content (AvgIpc) is 2.43. The van der Waals surface area contributed by atoms with Crippen LogP contribution in [0.15, 0.2) is 30.3 Å². The minimum absolute atomic E-state index is 0.103. The summed E-state index contributed by atoms with van der Waals surface area (Å²) in [6.45, 7) is -0.948. The third kappa shape index (κ3) is 6.12. The van der Waals surface area contributed by atoms with E-state index in [4.69, 9.17) is 4.74 Å². The average molecular weight is 286 g/mol. The number of hydrogen-bond acceptors (Lipinski definition) is 3. The topological polar surface area (TPSA) is 58.6 Å². The fourth-order valence-corrected chi connectivity index (χ4v) is 1.35. The molecule has 0 aliphatic rings. The molecule has 0 atom stereocenters. The molecule has 0 spiro atoms. The molecule has 1 aromatic rings. The summed E-state index contributed by atoms with van der Waals surface area (Å²) in [5, 5.41) is 1.99. The van der Waals surface area contributed by atoms with E-state index in [0.717, 1.165) is 10.5 Å². The van der Waals surface area contributed by atoms with Crippen LogP contribution in [0.5, 0.6) is 0 Å². The number of carbonyl (C=O) groups excluding carboxylic acids is 2. The lowest BCUT2D eigenvalue weighted by molar-refractivity contribution is -0.145. The first-order valence-corrected chi connectivity index (χ1v) is 5.95. The van der Waals surface area contributed by atoms with Crippen molar-refractivity contribution in [1.82, 2.24) is 10.2 Å². The van der Waals surface area contributed by atoms with Crippen LogP contribution in [0.1, 0.15) is 5.56 Å². The molecule has 110 valence electrons. The number of halogens is 2. The van der Waals surface area contributed by atoms with Gasteiger partial charge in [-0.15, -0.1) is 0 Å². The Kier molecular flexibility index (Phi) is 6.42. The van der Waals surface area contributed by atoms with E-state index in [1.54, 1.807) is 12.1 Å². The van der Waals surface area contributed by atoms with Gasteiger partial charge in [0.2, 0.25) is 0 Å². The second-order valence-electron chi connectivity index (χ2n) is 4.08. The Morgan fingerprint density at radius 3 is 2.55 bits per heavy atom. The molecule has 0 bridgehead atoms. The lowest BCUT2D eigenvalue weighted by Crippen LogP contribution is -2.42. The van der Waals surface area contributed by atoms with Crippen molar-refractivity contribution < 1.29 is 23.1 Å². The molecule has 0 heterocycles. The Balaban J connectivity index is 2.29. The first kappa shape index (κ1) is 15.9. The molecule has 2 amide bonds. The van der Waals surface area contributed by atoms with Crippen LogP contribution < -0.4 is 5.32 Å². The molecule has 1 rings (SSSR count). The number of amides is 2. The van der Waals surface area contributed by atoms with Crippen molar-refractivity contribution in [3.63, 3.8) is 0 Å². The highest BCUT2D eigenvalue weighted by atomic mass is 19.3. The van der Waals surface area contributed by atoms with Gasteiger partial charge >= 0.3 is 12.0 Å². The number of urea groups is 1. The quantitative estimate of drug-likeness (QED) is 0.809. The molecular formula is C13H16F2N2O3. The number of esters is 1. The zero-order valence-electron chi connectivity index (χ0n) is 11.0. The summed E-state index contributed by atoms with van der Waals surface area (Å²) in [6, 6.07) is 8.31. The van der Waals surface area contributed by atoms with Gasteiger partial charge < -0.3 is 15.0 Å². The summed E-state index contributed by atoms with van der Waals surface area (Å²) < 4.78 is 28.8. The number of likely N-dealkylation sites (N-methyl/N-ethyl adjacent to an activating group) is 1. The van der Waals surface area contributed by atoms with E-state index in [1.807, 2.05) is 23.5 Å². The number of hydrogen-bond donors (Lipinski definition) is 1. The first-order chi connectivity index (χ1) is 9.49. The van der Waals surface area contributed by atoms with Crippen molar-refractivity contribution in [2.24, 2.45) is 0 Å². The van der Waals surface area contributed by atoms with Gasteiger partial charge in [0.1, 0.15) is 13.2 Å². The third-order valence-electron chi connectivity index (χ3n) is 2.36. The molecule has 0 aliphatic heterocycles. The van der Waals surface area contributed by atoms with E-state index in [2.05, 4.69) is 0 Å². The summed E-state index contributed by atoms with van der Waals surface area (Å²) >= 11 is 0. The van der Waals surface area contributed by atoms with Gasteiger partial charge in [-0.1, -0.05) is 30.3 Å². The van der Waals surface area contributed by atoms with Crippen LogP contribution in [0.4, 0.5) is 13.6 Å². The van der Waals surface area contributed by atoms with Gasteiger partial charge in [0, 0.05) is 7.05 Å². The first-order valence-electron chi connectivity index (χ1n) is 5.95. The molecule has 1 aromatic carbocycles. The highest BCUT2D eigenvalue weighted by Gasteiger charge is 2.15. The van der Waals surface area contributed by atoms with Crippen LogP contribution in [0, 0.1) is 0 Å². The Labute approximate surface area is 115 Å². The molecular weight excluding hydrogens is 270 g/mol. The maximum atomic E-state index is 11.9. The predicted octanol–water partition coefficient (Wildman–Crippen LogP) is 1.64. The highest BCUT2D eigenvalue weighted by molar-refractivity contribution is 5.80. The molecule has 7 heteroatoms. The minimum atomic E-state index is -2.63. The van der Waals surface area contributed by atoms with Crippen LogP contribution >= 0.6 is 0 Å². The Bertz CT molecular complexity index is 441. The number of nitrogens with zero attached hydrogens (tertiary/aromatic N) is 1.